The van der Waals surface area contributed by atoms with Gasteiger partial charge in [-0.05, 0) is 37.8 Å². The molecule has 15 heavy (non-hydrogen) atoms. The Balaban J connectivity index is 0.000000531. The number of pyridine rings is 1. The van der Waals surface area contributed by atoms with Crippen molar-refractivity contribution in [1.29, 1.82) is 5.26 Å². The lowest BCUT2D eigenvalue weighted by Crippen LogP contribution is -2.33. The molecule has 1 aromatic rings. The number of nitrogens with zero attached hydrogens (tertiary/aromatic N) is 2. The summed E-state index contributed by atoms with van der Waals surface area (Å²) in [5.74, 6) is 0. The third-order valence-electron chi connectivity index (χ3n) is 2.82. The Hall–Kier alpha value is -1.36. The highest BCUT2D eigenvalue weighted by atomic mass is 14.7. The van der Waals surface area contributed by atoms with Crippen LogP contribution in [0.2, 0.25) is 0 Å². The molecule has 1 aliphatic carbocycles. The number of nitriles is 1. The molecule has 0 aromatic carbocycles. The van der Waals surface area contributed by atoms with Crippen LogP contribution in [0.3, 0.4) is 0 Å². The topological polar surface area (TPSA) is 36.7 Å². The van der Waals surface area contributed by atoms with Crippen LogP contribution in [0.15, 0.2) is 18.3 Å². The van der Waals surface area contributed by atoms with Crippen molar-refractivity contribution in [3.05, 3.63) is 29.6 Å². The molecule has 0 amide bonds. The van der Waals surface area contributed by atoms with Crippen LogP contribution in [0, 0.1) is 18.3 Å². The van der Waals surface area contributed by atoms with Gasteiger partial charge in [-0.1, -0.05) is 19.9 Å². The standard InChI is InChI=1S/C11H12N2.C2H6/c1-9-3-4-10(13-7-9)11(8-12)5-2-6-11;1-2/h3-4,7H,2,5-6H2,1H3;1-2H3. The van der Waals surface area contributed by atoms with Crippen molar-refractivity contribution in [2.75, 3.05) is 0 Å². The first kappa shape index (κ1) is 11.7. The molecule has 0 unspecified atom stereocenters. The SMILES string of the molecule is CC.Cc1ccc(C2(C#N)CCC2)nc1. The highest BCUT2D eigenvalue weighted by Crippen LogP contribution is 2.41. The summed E-state index contributed by atoms with van der Waals surface area (Å²) in [5.41, 5.74) is 1.84. The fourth-order valence-corrected chi connectivity index (χ4v) is 1.71. The van der Waals surface area contributed by atoms with E-state index in [0.717, 1.165) is 30.5 Å². The lowest BCUT2D eigenvalue weighted by atomic mass is 9.67. The van der Waals surface area contributed by atoms with Gasteiger partial charge in [0.05, 0.1) is 17.2 Å². The molecule has 1 saturated carbocycles. The maximum Gasteiger partial charge on any atom is 0.0993 e. The summed E-state index contributed by atoms with van der Waals surface area (Å²) >= 11 is 0. The minimum Gasteiger partial charge on any atom is -0.259 e. The van der Waals surface area contributed by atoms with E-state index in [1.807, 2.05) is 39.1 Å². The lowest BCUT2D eigenvalue weighted by molar-refractivity contribution is 0.316. The summed E-state index contributed by atoms with van der Waals surface area (Å²) in [4.78, 5) is 4.32. The molecule has 0 saturated heterocycles. The maximum absolute atomic E-state index is 9.07. The van der Waals surface area contributed by atoms with Gasteiger partial charge < -0.3 is 0 Å². The molecule has 0 aliphatic heterocycles. The van der Waals surface area contributed by atoms with Crippen molar-refractivity contribution in [1.82, 2.24) is 4.98 Å². The van der Waals surface area contributed by atoms with Gasteiger partial charge in [-0.3, -0.25) is 4.98 Å². The van der Waals surface area contributed by atoms with Crippen molar-refractivity contribution in [2.24, 2.45) is 0 Å². The minimum absolute atomic E-state index is 0.256. The van der Waals surface area contributed by atoms with E-state index in [1.54, 1.807) is 0 Å². The van der Waals surface area contributed by atoms with Crippen molar-refractivity contribution in [3.63, 3.8) is 0 Å². The molecule has 1 fully saturated rings. The van der Waals surface area contributed by atoms with Crippen molar-refractivity contribution < 1.29 is 0 Å². The monoisotopic (exact) mass is 202 g/mol. The molecule has 80 valence electrons. The molecule has 0 radical (unpaired) electrons. The van der Waals surface area contributed by atoms with Gasteiger partial charge in [0.1, 0.15) is 0 Å². The Labute approximate surface area is 92.0 Å². The molecule has 1 aromatic heterocycles. The van der Waals surface area contributed by atoms with Crippen LogP contribution in [0.5, 0.6) is 0 Å². The Bertz CT molecular complexity index is 342. The van der Waals surface area contributed by atoms with Gasteiger partial charge in [0.2, 0.25) is 0 Å². The van der Waals surface area contributed by atoms with E-state index in [2.05, 4.69) is 11.1 Å². The molecule has 1 heterocycles. The highest BCUT2D eigenvalue weighted by Gasteiger charge is 2.40. The Morgan fingerprint density at radius 2 is 2.00 bits per heavy atom. The van der Waals surface area contributed by atoms with E-state index in [4.69, 9.17) is 5.26 Å². The van der Waals surface area contributed by atoms with Gasteiger partial charge in [0.15, 0.2) is 0 Å². The first-order valence-electron chi connectivity index (χ1n) is 5.61. The maximum atomic E-state index is 9.07. The van der Waals surface area contributed by atoms with Gasteiger partial charge in [0.25, 0.3) is 0 Å². The normalized spacial score (nSPS) is 16.7. The average molecular weight is 202 g/mol. The van der Waals surface area contributed by atoms with Crippen LogP contribution >= 0.6 is 0 Å². The number of rotatable bonds is 1. The fraction of sp³-hybridized carbons (Fsp3) is 0.538. The third kappa shape index (κ3) is 2.18. The highest BCUT2D eigenvalue weighted by molar-refractivity contribution is 5.30. The average Bonchev–Trinajstić information content (AvgIpc) is 2.23. The second-order valence-electron chi connectivity index (χ2n) is 3.77. The quantitative estimate of drug-likeness (QED) is 0.700. The molecular weight excluding hydrogens is 184 g/mol. The van der Waals surface area contributed by atoms with Gasteiger partial charge in [0, 0.05) is 6.20 Å². The summed E-state index contributed by atoms with van der Waals surface area (Å²) < 4.78 is 0. The zero-order valence-electron chi connectivity index (χ0n) is 9.75. The van der Waals surface area contributed by atoms with Crippen LogP contribution in [-0.2, 0) is 5.41 Å². The van der Waals surface area contributed by atoms with Crippen LogP contribution in [0.4, 0.5) is 0 Å². The van der Waals surface area contributed by atoms with Crippen molar-refractivity contribution >= 4 is 0 Å². The minimum atomic E-state index is -0.256. The molecule has 1 aliphatic rings. The van der Waals surface area contributed by atoms with Crippen LogP contribution in [0.1, 0.15) is 44.4 Å². The van der Waals surface area contributed by atoms with Crippen LogP contribution < -0.4 is 0 Å². The molecule has 0 N–H and O–H groups in total. The predicted molar refractivity (Wildman–Crippen MR) is 61.5 cm³/mol. The van der Waals surface area contributed by atoms with E-state index in [1.165, 1.54) is 0 Å². The Morgan fingerprint density at radius 1 is 1.33 bits per heavy atom. The molecule has 0 bridgehead atoms. The molecule has 2 nitrogen and oxygen atoms in total. The number of aryl methyl sites for hydroxylation is 1. The second-order valence-corrected chi connectivity index (χ2v) is 3.77. The van der Waals surface area contributed by atoms with E-state index in [9.17, 15) is 0 Å². The van der Waals surface area contributed by atoms with Gasteiger partial charge in [-0.25, -0.2) is 0 Å². The summed E-state index contributed by atoms with van der Waals surface area (Å²) in [6, 6.07) is 6.40. The van der Waals surface area contributed by atoms with E-state index >= 15 is 0 Å². The summed E-state index contributed by atoms with van der Waals surface area (Å²) in [6.07, 6.45) is 4.94. The van der Waals surface area contributed by atoms with Crippen LogP contribution in [0.25, 0.3) is 0 Å². The number of aromatic nitrogens is 1. The largest absolute Gasteiger partial charge is 0.259 e. The number of hydrogen-bond acceptors (Lipinski definition) is 2. The molecule has 2 heteroatoms. The molecule has 0 spiro atoms. The zero-order valence-corrected chi connectivity index (χ0v) is 9.75. The first-order valence-corrected chi connectivity index (χ1v) is 5.61. The zero-order chi connectivity index (χ0) is 11.3. The van der Waals surface area contributed by atoms with Crippen molar-refractivity contribution in [2.45, 2.75) is 45.4 Å². The van der Waals surface area contributed by atoms with E-state index in [-0.39, 0.29) is 5.41 Å². The first-order chi connectivity index (χ1) is 7.27. The van der Waals surface area contributed by atoms with E-state index < -0.39 is 0 Å². The summed E-state index contributed by atoms with van der Waals surface area (Å²) in [7, 11) is 0. The lowest BCUT2D eigenvalue weighted by Gasteiger charge is -2.34. The smallest absolute Gasteiger partial charge is 0.0993 e. The third-order valence-corrected chi connectivity index (χ3v) is 2.82. The number of hydrogen-bond donors (Lipinski definition) is 0. The molecule has 0 atom stereocenters. The van der Waals surface area contributed by atoms with Crippen LogP contribution in [-0.4, -0.2) is 4.98 Å². The van der Waals surface area contributed by atoms with Gasteiger partial charge >= 0.3 is 0 Å². The second kappa shape index (κ2) is 4.93. The summed E-state index contributed by atoms with van der Waals surface area (Å²) in [6.45, 7) is 6.01. The predicted octanol–water partition coefficient (Wildman–Crippen LogP) is 3.36. The van der Waals surface area contributed by atoms with Gasteiger partial charge in [-0.2, -0.15) is 5.26 Å². The van der Waals surface area contributed by atoms with Crippen molar-refractivity contribution in [3.8, 4) is 6.07 Å². The molecular formula is C13H18N2. The Kier molecular flexibility index (Phi) is 3.85. The Morgan fingerprint density at radius 3 is 2.33 bits per heavy atom. The fourth-order valence-electron chi connectivity index (χ4n) is 1.71. The van der Waals surface area contributed by atoms with Gasteiger partial charge in [-0.15, -0.1) is 0 Å². The molecule has 2 rings (SSSR count). The van der Waals surface area contributed by atoms with E-state index in [0.29, 0.717) is 0 Å². The summed E-state index contributed by atoms with van der Waals surface area (Å²) in [5, 5.41) is 9.07.